The molecule has 1 aliphatic heterocycles. The molecule has 6 heteroatoms. The second kappa shape index (κ2) is 5.27. The first-order valence-corrected chi connectivity index (χ1v) is 6.89. The lowest BCUT2D eigenvalue weighted by molar-refractivity contribution is -0.129. The molecule has 2 heterocycles. The van der Waals surface area contributed by atoms with Gasteiger partial charge < -0.3 is 9.42 Å². The highest BCUT2D eigenvalue weighted by Gasteiger charge is 2.36. The minimum atomic E-state index is -0.280. The van der Waals surface area contributed by atoms with Crippen LogP contribution in [-0.2, 0) is 4.79 Å². The number of benzene rings is 1. The summed E-state index contributed by atoms with van der Waals surface area (Å²) < 4.78 is 18.1. The molecule has 110 valence electrons. The topological polar surface area (TPSA) is 59.2 Å². The van der Waals surface area contributed by atoms with Crippen molar-refractivity contribution in [1.29, 1.82) is 0 Å². The summed E-state index contributed by atoms with van der Waals surface area (Å²) in [5, 5.41) is 3.77. The van der Waals surface area contributed by atoms with Crippen molar-refractivity contribution < 1.29 is 13.7 Å². The zero-order chi connectivity index (χ0) is 15.0. The summed E-state index contributed by atoms with van der Waals surface area (Å²) in [5.74, 6) is 0.782. The summed E-state index contributed by atoms with van der Waals surface area (Å²) in [7, 11) is 0. The zero-order valence-corrected chi connectivity index (χ0v) is 11.9. The molecule has 2 unspecified atom stereocenters. The van der Waals surface area contributed by atoms with Crippen LogP contribution in [-0.4, -0.2) is 27.5 Å². The lowest BCUT2D eigenvalue weighted by Gasteiger charge is -2.25. The summed E-state index contributed by atoms with van der Waals surface area (Å²) in [6.45, 7) is 4.23. The Bertz CT molecular complexity index is 653. The maximum absolute atomic E-state index is 13.0. The average Bonchev–Trinajstić information content (AvgIpc) is 3.05. The molecule has 0 saturated carbocycles. The number of carbonyl (C=O) groups excluding carboxylic acids is 1. The molecule has 0 aliphatic carbocycles. The molecule has 0 spiro atoms. The van der Waals surface area contributed by atoms with Crippen LogP contribution in [0.2, 0.25) is 0 Å². The number of amides is 1. The summed E-state index contributed by atoms with van der Waals surface area (Å²) in [5.41, 5.74) is 0.909. The number of hydrogen-bond donors (Lipinski definition) is 0. The van der Waals surface area contributed by atoms with Gasteiger partial charge >= 0.3 is 0 Å². The number of aryl methyl sites for hydroxylation is 1. The monoisotopic (exact) mass is 289 g/mol. The van der Waals surface area contributed by atoms with Crippen molar-refractivity contribution in [1.82, 2.24) is 15.0 Å². The van der Waals surface area contributed by atoms with E-state index in [9.17, 15) is 9.18 Å². The molecule has 0 radical (unpaired) electrons. The fraction of sp³-hybridized carbons (Fsp3) is 0.400. The van der Waals surface area contributed by atoms with Crippen LogP contribution < -0.4 is 0 Å². The zero-order valence-electron chi connectivity index (χ0n) is 11.9. The van der Waals surface area contributed by atoms with Crippen LogP contribution in [0.5, 0.6) is 0 Å². The van der Waals surface area contributed by atoms with Crippen molar-refractivity contribution in [3.8, 4) is 0 Å². The predicted octanol–water partition coefficient (Wildman–Crippen LogP) is 2.59. The Hall–Kier alpha value is -2.24. The Labute approximate surface area is 121 Å². The van der Waals surface area contributed by atoms with Gasteiger partial charge in [-0.15, -0.1) is 0 Å². The van der Waals surface area contributed by atoms with E-state index >= 15 is 0 Å². The fourth-order valence-electron chi connectivity index (χ4n) is 2.67. The van der Waals surface area contributed by atoms with Crippen LogP contribution in [0, 0.1) is 12.7 Å². The molecule has 3 rings (SSSR count). The molecule has 1 aromatic heterocycles. The summed E-state index contributed by atoms with van der Waals surface area (Å²) in [6.07, 6.45) is 0.368. The molecule has 2 atom stereocenters. The van der Waals surface area contributed by atoms with Gasteiger partial charge in [0.05, 0.1) is 12.0 Å². The molecule has 1 aliphatic rings. The van der Waals surface area contributed by atoms with E-state index in [0.717, 1.165) is 5.56 Å². The molecule has 1 saturated heterocycles. The molecule has 1 amide bonds. The summed E-state index contributed by atoms with van der Waals surface area (Å²) in [4.78, 5) is 18.2. The van der Waals surface area contributed by atoms with E-state index in [1.165, 1.54) is 12.1 Å². The normalized spacial score (nSPS) is 20.0. The van der Waals surface area contributed by atoms with Gasteiger partial charge in [-0.25, -0.2) is 4.39 Å². The average molecular weight is 289 g/mol. The first-order valence-electron chi connectivity index (χ1n) is 6.89. The molecule has 2 aromatic rings. The lowest BCUT2D eigenvalue weighted by Crippen LogP contribution is -2.28. The molecular formula is C15H16FN3O2. The van der Waals surface area contributed by atoms with Crippen LogP contribution in [0.15, 0.2) is 28.8 Å². The van der Waals surface area contributed by atoms with Crippen LogP contribution >= 0.6 is 0 Å². The number of rotatable bonds is 3. The number of aromatic nitrogens is 2. The van der Waals surface area contributed by atoms with Gasteiger partial charge in [0.15, 0.2) is 5.82 Å². The van der Waals surface area contributed by atoms with E-state index in [4.69, 9.17) is 4.52 Å². The van der Waals surface area contributed by atoms with Gasteiger partial charge in [-0.3, -0.25) is 4.79 Å². The molecule has 21 heavy (non-hydrogen) atoms. The van der Waals surface area contributed by atoms with Gasteiger partial charge in [-0.05, 0) is 31.5 Å². The smallest absolute Gasteiger partial charge is 0.232 e. The third-order valence-corrected chi connectivity index (χ3v) is 3.87. The molecular weight excluding hydrogens is 273 g/mol. The highest BCUT2D eigenvalue weighted by atomic mass is 19.1. The molecule has 0 bridgehead atoms. The van der Waals surface area contributed by atoms with Crippen molar-refractivity contribution in [2.45, 2.75) is 32.2 Å². The highest BCUT2D eigenvalue weighted by Crippen LogP contribution is 2.33. The van der Waals surface area contributed by atoms with Crippen molar-refractivity contribution in [2.24, 2.45) is 0 Å². The third kappa shape index (κ3) is 2.66. The van der Waals surface area contributed by atoms with Crippen molar-refractivity contribution in [3.63, 3.8) is 0 Å². The maximum atomic E-state index is 13.0. The first-order chi connectivity index (χ1) is 10.0. The van der Waals surface area contributed by atoms with Crippen LogP contribution in [0.4, 0.5) is 4.39 Å². The third-order valence-electron chi connectivity index (χ3n) is 3.87. The molecule has 1 fully saturated rings. The van der Waals surface area contributed by atoms with E-state index in [2.05, 4.69) is 10.1 Å². The Morgan fingerprint density at radius 3 is 2.71 bits per heavy atom. The Kier molecular flexibility index (Phi) is 3.45. The van der Waals surface area contributed by atoms with Crippen LogP contribution in [0.25, 0.3) is 0 Å². The predicted molar refractivity (Wildman–Crippen MR) is 72.9 cm³/mol. The second-order valence-corrected chi connectivity index (χ2v) is 5.35. The summed E-state index contributed by atoms with van der Waals surface area (Å²) >= 11 is 0. The number of carbonyl (C=O) groups is 1. The largest absolute Gasteiger partial charge is 0.339 e. The molecule has 5 nitrogen and oxygen atoms in total. The SMILES string of the molecule is Cc1noc(C2CC(=O)N(C(C)c3ccc(F)cc3)C2)n1. The minimum absolute atomic E-state index is 0.0488. The van der Waals surface area contributed by atoms with E-state index in [1.807, 2.05) is 6.92 Å². The first kappa shape index (κ1) is 13.7. The van der Waals surface area contributed by atoms with Gasteiger partial charge in [0.2, 0.25) is 11.8 Å². The second-order valence-electron chi connectivity index (χ2n) is 5.35. The van der Waals surface area contributed by atoms with Gasteiger partial charge in [0.1, 0.15) is 5.82 Å². The minimum Gasteiger partial charge on any atom is -0.339 e. The highest BCUT2D eigenvalue weighted by molar-refractivity contribution is 5.80. The van der Waals surface area contributed by atoms with Crippen LogP contribution in [0.3, 0.4) is 0 Å². The van der Waals surface area contributed by atoms with Crippen LogP contribution in [0.1, 0.15) is 42.6 Å². The fourth-order valence-corrected chi connectivity index (χ4v) is 2.67. The maximum Gasteiger partial charge on any atom is 0.232 e. The number of nitrogens with zero attached hydrogens (tertiary/aromatic N) is 3. The van der Waals surface area contributed by atoms with Gasteiger partial charge in [0.25, 0.3) is 0 Å². The van der Waals surface area contributed by atoms with E-state index in [1.54, 1.807) is 24.0 Å². The Balaban J connectivity index is 1.77. The van der Waals surface area contributed by atoms with E-state index in [0.29, 0.717) is 24.7 Å². The van der Waals surface area contributed by atoms with Gasteiger partial charge in [-0.1, -0.05) is 17.3 Å². The molecule has 1 aromatic carbocycles. The number of likely N-dealkylation sites (tertiary alicyclic amines) is 1. The number of hydrogen-bond acceptors (Lipinski definition) is 4. The van der Waals surface area contributed by atoms with Crippen molar-refractivity contribution in [2.75, 3.05) is 6.54 Å². The number of halogens is 1. The van der Waals surface area contributed by atoms with Gasteiger partial charge in [-0.2, -0.15) is 4.98 Å². The van der Waals surface area contributed by atoms with Gasteiger partial charge in [0, 0.05) is 13.0 Å². The summed E-state index contributed by atoms with van der Waals surface area (Å²) in [6, 6.07) is 6.12. The van der Waals surface area contributed by atoms with Crippen molar-refractivity contribution in [3.05, 3.63) is 47.4 Å². The quantitative estimate of drug-likeness (QED) is 0.871. The van der Waals surface area contributed by atoms with E-state index in [-0.39, 0.29) is 23.7 Å². The standard InChI is InChI=1S/C15H16FN3O2/c1-9(11-3-5-13(16)6-4-11)19-8-12(7-14(19)20)15-17-10(2)18-21-15/h3-6,9,12H,7-8H2,1-2H3. The molecule has 0 N–H and O–H groups in total. The Morgan fingerprint density at radius 2 is 2.10 bits per heavy atom. The lowest BCUT2D eigenvalue weighted by atomic mass is 10.1. The van der Waals surface area contributed by atoms with Crippen molar-refractivity contribution >= 4 is 5.91 Å². The van der Waals surface area contributed by atoms with E-state index < -0.39 is 0 Å². The Morgan fingerprint density at radius 1 is 1.38 bits per heavy atom.